The van der Waals surface area contributed by atoms with E-state index in [4.69, 9.17) is 4.74 Å². The van der Waals surface area contributed by atoms with Crippen molar-refractivity contribution in [3.63, 3.8) is 0 Å². The van der Waals surface area contributed by atoms with Gasteiger partial charge in [-0.1, -0.05) is 24.3 Å². The van der Waals surface area contributed by atoms with Gasteiger partial charge in [0, 0.05) is 24.3 Å². The second-order valence-corrected chi connectivity index (χ2v) is 6.88. The number of benzene rings is 3. The molecule has 0 fully saturated rings. The second-order valence-electron chi connectivity index (χ2n) is 6.88. The van der Waals surface area contributed by atoms with Crippen LogP contribution < -0.4 is 15.1 Å². The Kier molecular flexibility index (Phi) is 5.56. The first kappa shape index (κ1) is 18.7. The Labute approximate surface area is 170 Å². The van der Waals surface area contributed by atoms with E-state index in [1.165, 1.54) is 16.8 Å². The molecule has 0 aromatic heterocycles. The molecule has 0 bridgehead atoms. The Balaban J connectivity index is 1.38. The quantitative estimate of drug-likeness (QED) is 0.506. The maximum Gasteiger partial charge on any atom is 0.271 e. The van der Waals surface area contributed by atoms with Crippen molar-refractivity contribution in [1.82, 2.24) is 5.43 Å². The summed E-state index contributed by atoms with van der Waals surface area (Å²) in [6.45, 7) is 4.24. The number of para-hydroxylation sites is 1. The largest absolute Gasteiger partial charge is 0.494 e. The van der Waals surface area contributed by atoms with Crippen molar-refractivity contribution >= 4 is 17.8 Å². The van der Waals surface area contributed by atoms with Crippen LogP contribution in [0.3, 0.4) is 0 Å². The Morgan fingerprint density at radius 2 is 1.79 bits per heavy atom. The molecule has 0 atom stereocenters. The predicted molar refractivity (Wildman–Crippen MR) is 115 cm³/mol. The highest BCUT2D eigenvalue weighted by molar-refractivity contribution is 5.95. The monoisotopic (exact) mass is 385 g/mol. The Morgan fingerprint density at radius 3 is 2.55 bits per heavy atom. The van der Waals surface area contributed by atoms with E-state index in [1.54, 1.807) is 6.21 Å². The molecule has 3 aromatic rings. The molecule has 1 aliphatic rings. The lowest BCUT2D eigenvalue weighted by Crippen LogP contribution is -2.17. The molecule has 5 heteroatoms. The van der Waals surface area contributed by atoms with Crippen molar-refractivity contribution in [1.29, 1.82) is 0 Å². The number of amides is 1. The van der Waals surface area contributed by atoms with Crippen molar-refractivity contribution in [3.05, 3.63) is 95.1 Å². The van der Waals surface area contributed by atoms with Crippen LogP contribution in [0, 0.1) is 0 Å². The molecule has 0 aliphatic carbocycles. The van der Waals surface area contributed by atoms with Crippen LogP contribution in [-0.4, -0.2) is 18.7 Å². The molecule has 1 aliphatic heterocycles. The lowest BCUT2D eigenvalue weighted by molar-refractivity contribution is 0.0955. The van der Waals surface area contributed by atoms with Crippen molar-refractivity contribution in [2.45, 2.75) is 20.0 Å². The number of nitrogens with zero attached hydrogens (tertiary/aromatic N) is 2. The summed E-state index contributed by atoms with van der Waals surface area (Å²) < 4.78 is 5.42. The van der Waals surface area contributed by atoms with E-state index in [0.29, 0.717) is 12.2 Å². The summed E-state index contributed by atoms with van der Waals surface area (Å²) in [6.07, 6.45) is 1.62. The third-order valence-corrected chi connectivity index (χ3v) is 4.88. The summed E-state index contributed by atoms with van der Waals surface area (Å²) in [7, 11) is 0. The average molecular weight is 385 g/mol. The van der Waals surface area contributed by atoms with Crippen LogP contribution in [0.1, 0.15) is 34.0 Å². The Hall–Kier alpha value is -3.60. The number of hydrazone groups is 1. The van der Waals surface area contributed by atoms with Crippen molar-refractivity contribution in [3.8, 4) is 5.75 Å². The van der Waals surface area contributed by atoms with Crippen molar-refractivity contribution in [2.24, 2.45) is 5.10 Å². The summed E-state index contributed by atoms with van der Waals surface area (Å²) in [6, 6.07) is 23.7. The van der Waals surface area contributed by atoms with E-state index in [-0.39, 0.29) is 5.91 Å². The lowest BCUT2D eigenvalue weighted by Gasteiger charge is -2.17. The van der Waals surface area contributed by atoms with Gasteiger partial charge in [-0.15, -0.1) is 0 Å². The van der Waals surface area contributed by atoms with Crippen LogP contribution >= 0.6 is 0 Å². The molecular weight excluding hydrogens is 362 g/mol. The normalized spacial score (nSPS) is 12.8. The molecule has 3 aromatic carbocycles. The molecule has 29 heavy (non-hydrogen) atoms. The number of rotatable bonds is 6. The molecule has 0 unspecified atom stereocenters. The van der Waals surface area contributed by atoms with Crippen molar-refractivity contribution < 1.29 is 9.53 Å². The molecular formula is C24H23N3O2. The zero-order valence-corrected chi connectivity index (χ0v) is 16.3. The van der Waals surface area contributed by atoms with Gasteiger partial charge in [0.25, 0.3) is 5.91 Å². The van der Waals surface area contributed by atoms with Crippen molar-refractivity contribution in [2.75, 3.05) is 11.5 Å². The van der Waals surface area contributed by atoms with E-state index >= 15 is 0 Å². The second kappa shape index (κ2) is 8.61. The summed E-state index contributed by atoms with van der Waals surface area (Å²) >= 11 is 0. The van der Waals surface area contributed by atoms with E-state index in [0.717, 1.165) is 24.4 Å². The minimum Gasteiger partial charge on any atom is -0.494 e. The third-order valence-electron chi connectivity index (χ3n) is 4.88. The molecule has 0 radical (unpaired) electrons. The van der Waals surface area contributed by atoms with Crippen LogP contribution in [0.2, 0.25) is 0 Å². The average Bonchev–Trinajstić information content (AvgIpc) is 3.19. The van der Waals surface area contributed by atoms with E-state index < -0.39 is 0 Å². The van der Waals surface area contributed by atoms with Crippen LogP contribution in [0.5, 0.6) is 5.75 Å². The molecule has 1 heterocycles. The van der Waals surface area contributed by atoms with Crippen LogP contribution in [0.4, 0.5) is 5.69 Å². The van der Waals surface area contributed by atoms with Gasteiger partial charge in [-0.3, -0.25) is 4.79 Å². The van der Waals surface area contributed by atoms with E-state index in [1.807, 2.05) is 67.6 Å². The number of nitrogens with one attached hydrogen (secondary N) is 1. The van der Waals surface area contributed by atoms with Gasteiger partial charge in [0.05, 0.1) is 12.8 Å². The van der Waals surface area contributed by atoms with E-state index in [9.17, 15) is 4.79 Å². The number of fused-ring (bicyclic) bond motifs is 1. The fourth-order valence-electron chi connectivity index (χ4n) is 3.40. The molecule has 1 N–H and O–H groups in total. The lowest BCUT2D eigenvalue weighted by atomic mass is 10.1. The zero-order chi connectivity index (χ0) is 20.1. The summed E-state index contributed by atoms with van der Waals surface area (Å²) in [5, 5.41) is 4.07. The summed E-state index contributed by atoms with van der Waals surface area (Å²) in [5.41, 5.74) is 7.73. The van der Waals surface area contributed by atoms with Gasteiger partial charge in [0.15, 0.2) is 0 Å². The molecule has 4 rings (SSSR count). The first-order valence-electron chi connectivity index (χ1n) is 9.71. The van der Waals surface area contributed by atoms with Crippen LogP contribution in [0.15, 0.2) is 77.9 Å². The maximum atomic E-state index is 12.5. The zero-order valence-electron chi connectivity index (χ0n) is 16.3. The first-order valence-corrected chi connectivity index (χ1v) is 9.71. The number of carbonyl (C=O) groups is 1. The fourth-order valence-corrected chi connectivity index (χ4v) is 3.40. The van der Waals surface area contributed by atoms with Gasteiger partial charge in [0.2, 0.25) is 0 Å². The Morgan fingerprint density at radius 1 is 1.03 bits per heavy atom. The van der Waals surface area contributed by atoms with Gasteiger partial charge >= 0.3 is 0 Å². The molecule has 0 saturated heterocycles. The van der Waals surface area contributed by atoms with Gasteiger partial charge in [0.1, 0.15) is 5.75 Å². The maximum absolute atomic E-state index is 12.5. The highest BCUT2D eigenvalue weighted by Crippen LogP contribution is 2.28. The minimum absolute atomic E-state index is 0.215. The highest BCUT2D eigenvalue weighted by Gasteiger charge is 2.20. The first-order chi connectivity index (χ1) is 14.2. The SMILES string of the molecule is CCOc1ccc(/C=N\NC(=O)c2ccc3c(c2)CN(c2ccccc2)C3)cc1. The Bertz CT molecular complexity index is 1010. The van der Waals surface area contributed by atoms with Gasteiger partial charge in [-0.25, -0.2) is 5.43 Å². The van der Waals surface area contributed by atoms with E-state index in [2.05, 4.69) is 27.6 Å². The smallest absolute Gasteiger partial charge is 0.271 e. The topological polar surface area (TPSA) is 53.9 Å². The highest BCUT2D eigenvalue weighted by atomic mass is 16.5. The summed E-state index contributed by atoms with van der Waals surface area (Å²) in [4.78, 5) is 14.8. The van der Waals surface area contributed by atoms with Gasteiger partial charge in [-0.05, 0) is 72.1 Å². The van der Waals surface area contributed by atoms with Crippen LogP contribution in [-0.2, 0) is 13.1 Å². The molecule has 1 amide bonds. The molecule has 0 spiro atoms. The number of hydrogen-bond donors (Lipinski definition) is 1. The molecule has 5 nitrogen and oxygen atoms in total. The molecule has 0 saturated carbocycles. The number of carbonyl (C=O) groups excluding carboxylic acids is 1. The minimum atomic E-state index is -0.215. The number of ether oxygens (including phenoxy) is 1. The number of anilines is 1. The summed E-state index contributed by atoms with van der Waals surface area (Å²) in [5.74, 6) is 0.601. The third kappa shape index (κ3) is 4.46. The standard InChI is InChI=1S/C24H23N3O2/c1-2-29-23-12-8-18(9-13-23)15-25-26-24(28)19-10-11-20-16-27(17-21(20)14-19)22-6-4-3-5-7-22/h3-15H,2,16-17H2,1H3,(H,26,28)/b25-15-. The number of hydrogen-bond acceptors (Lipinski definition) is 4. The fraction of sp³-hybridized carbons (Fsp3) is 0.167. The predicted octanol–water partition coefficient (Wildman–Crippen LogP) is 4.37. The van der Waals surface area contributed by atoms with Gasteiger partial charge in [-0.2, -0.15) is 5.10 Å². The van der Waals surface area contributed by atoms with Gasteiger partial charge < -0.3 is 9.64 Å². The van der Waals surface area contributed by atoms with Crippen LogP contribution in [0.25, 0.3) is 0 Å². The molecule has 146 valence electrons.